The number of likely N-dealkylation sites (tertiary alicyclic amines) is 1. The highest BCUT2D eigenvalue weighted by Gasteiger charge is 2.42. The predicted octanol–water partition coefficient (Wildman–Crippen LogP) is 2.54. The van der Waals surface area contributed by atoms with Gasteiger partial charge in [-0.15, -0.1) is 0 Å². The molecule has 5 unspecified atom stereocenters. The maximum atomic E-state index is 13.0. The van der Waals surface area contributed by atoms with Gasteiger partial charge >= 0.3 is 0 Å². The van der Waals surface area contributed by atoms with Crippen LogP contribution >= 0.6 is 0 Å². The largest absolute Gasteiger partial charge is 0.339 e. The minimum atomic E-state index is 0.0908. The first kappa shape index (κ1) is 13.4. The molecule has 2 aliphatic carbocycles. The number of fused-ring (bicyclic) bond motifs is 1. The average molecular weight is 264 g/mol. The van der Waals surface area contributed by atoms with Gasteiger partial charge in [-0.05, 0) is 50.4 Å². The summed E-state index contributed by atoms with van der Waals surface area (Å²) < 4.78 is 0. The van der Waals surface area contributed by atoms with E-state index < -0.39 is 0 Å². The number of nitrogens with zero attached hydrogens (tertiary/aromatic N) is 1. The van der Waals surface area contributed by atoms with Gasteiger partial charge in [0.2, 0.25) is 5.91 Å². The molecule has 3 fully saturated rings. The van der Waals surface area contributed by atoms with E-state index in [0.717, 1.165) is 18.9 Å². The molecule has 0 aromatic carbocycles. The van der Waals surface area contributed by atoms with Gasteiger partial charge in [-0.2, -0.15) is 0 Å². The molecule has 1 saturated heterocycles. The van der Waals surface area contributed by atoms with Gasteiger partial charge in [-0.3, -0.25) is 4.79 Å². The number of piperidine rings is 1. The third-order valence-corrected chi connectivity index (χ3v) is 5.83. The minimum absolute atomic E-state index is 0.0908. The van der Waals surface area contributed by atoms with Crippen molar-refractivity contribution in [1.29, 1.82) is 0 Å². The number of carbonyl (C=O) groups excluding carboxylic acids is 1. The van der Waals surface area contributed by atoms with Crippen LogP contribution in [-0.2, 0) is 4.79 Å². The van der Waals surface area contributed by atoms with Crippen molar-refractivity contribution in [3.63, 3.8) is 0 Å². The Bertz CT molecular complexity index is 334. The molecular weight excluding hydrogens is 236 g/mol. The summed E-state index contributed by atoms with van der Waals surface area (Å²) in [5.74, 6) is 1.73. The Morgan fingerprint density at radius 2 is 1.79 bits per heavy atom. The van der Waals surface area contributed by atoms with Crippen LogP contribution in [0, 0.1) is 17.8 Å². The van der Waals surface area contributed by atoms with Crippen LogP contribution in [0.15, 0.2) is 0 Å². The normalized spacial score (nSPS) is 43.1. The SMILES string of the molecule is CC1CCCC(N)C1C(=O)N1CCCC2CCCC21. The van der Waals surface area contributed by atoms with Gasteiger partial charge in [-0.25, -0.2) is 0 Å². The highest BCUT2D eigenvalue weighted by atomic mass is 16.2. The summed E-state index contributed by atoms with van der Waals surface area (Å²) in [6.45, 7) is 3.20. The van der Waals surface area contributed by atoms with Crippen LogP contribution in [0.4, 0.5) is 0 Å². The number of nitrogens with two attached hydrogens (primary N) is 1. The van der Waals surface area contributed by atoms with Crippen LogP contribution in [0.5, 0.6) is 0 Å². The number of hydrogen-bond donors (Lipinski definition) is 1. The summed E-state index contributed by atoms with van der Waals surface area (Å²) in [7, 11) is 0. The Morgan fingerprint density at radius 1 is 1.05 bits per heavy atom. The van der Waals surface area contributed by atoms with E-state index >= 15 is 0 Å². The quantitative estimate of drug-likeness (QED) is 0.791. The monoisotopic (exact) mass is 264 g/mol. The molecule has 3 aliphatic rings. The molecule has 0 aromatic rings. The lowest BCUT2D eigenvalue weighted by atomic mass is 9.75. The van der Waals surface area contributed by atoms with E-state index in [-0.39, 0.29) is 12.0 Å². The summed E-state index contributed by atoms with van der Waals surface area (Å²) in [6, 6.07) is 0.639. The van der Waals surface area contributed by atoms with E-state index in [1.807, 2.05) is 0 Å². The number of rotatable bonds is 1. The predicted molar refractivity (Wildman–Crippen MR) is 76.6 cm³/mol. The van der Waals surface area contributed by atoms with E-state index in [9.17, 15) is 4.79 Å². The number of carbonyl (C=O) groups is 1. The third-order valence-electron chi connectivity index (χ3n) is 5.83. The van der Waals surface area contributed by atoms with Crippen LogP contribution in [0.2, 0.25) is 0 Å². The number of amides is 1. The van der Waals surface area contributed by atoms with Crippen molar-refractivity contribution in [2.75, 3.05) is 6.54 Å². The van der Waals surface area contributed by atoms with Crippen molar-refractivity contribution in [2.24, 2.45) is 23.5 Å². The Labute approximate surface area is 116 Å². The molecule has 3 rings (SSSR count). The molecule has 1 heterocycles. The Kier molecular flexibility index (Phi) is 3.84. The second kappa shape index (κ2) is 5.43. The molecule has 0 spiro atoms. The van der Waals surface area contributed by atoms with Crippen LogP contribution in [0.25, 0.3) is 0 Å². The topological polar surface area (TPSA) is 46.3 Å². The highest BCUT2D eigenvalue weighted by molar-refractivity contribution is 5.80. The minimum Gasteiger partial charge on any atom is -0.339 e. The van der Waals surface area contributed by atoms with Crippen LogP contribution in [0.3, 0.4) is 0 Å². The number of hydrogen-bond acceptors (Lipinski definition) is 2. The van der Waals surface area contributed by atoms with Gasteiger partial charge in [-0.1, -0.05) is 19.8 Å². The summed E-state index contributed by atoms with van der Waals surface area (Å²) in [5, 5.41) is 0. The van der Waals surface area contributed by atoms with Crippen molar-refractivity contribution >= 4 is 5.91 Å². The molecule has 1 amide bonds. The molecule has 0 aromatic heterocycles. The zero-order chi connectivity index (χ0) is 13.4. The van der Waals surface area contributed by atoms with Crippen LogP contribution < -0.4 is 5.73 Å². The molecule has 2 N–H and O–H groups in total. The molecule has 108 valence electrons. The molecule has 0 radical (unpaired) electrons. The van der Waals surface area contributed by atoms with Crippen molar-refractivity contribution in [2.45, 2.75) is 70.4 Å². The van der Waals surface area contributed by atoms with E-state index in [2.05, 4.69) is 11.8 Å². The van der Waals surface area contributed by atoms with Crippen LogP contribution in [-0.4, -0.2) is 29.4 Å². The van der Waals surface area contributed by atoms with E-state index in [1.165, 1.54) is 44.9 Å². The maximum absolute atomic E-state index is 13.0. The van der Waals surface area contributed by atoms with Gasteiger partial charge < -0.3 is 10.6 Å². The lowest BCUT2D eigenvalue weighted by Gasteiger charge is -2.43. The molecular formula is C16H28N2O. The molecule has 3 heteroatoms. The molecule has 5 atom stereocenters. The average Bonchev–Trinajstić information content (AvgIpc) is 2.86. The van der Waals surface area contributed by atoms with E-state index in [0.29, 0.717) is 17.9 Å². The summed E-state index contributed by atoms with van der Waals surface area (Å²) in [5.41, 5.74) is 6.27. The first-order valence-corrected chi connectivity index (χ1v) is 8.24. The van der Waals surface area contributed by atoms with Gasteiger partial charge in [0.15, 0.2) is 0 Å². The Morgan fingerprint density at radius 3 is 2.58 bits per heavy atom. The second-order valence-electron chi connectivity index (χ2n) is 7.03. The molecule has 1 aliphatic heterocycles. The molecule has 2 saturated carbocycles. The summed E-state index contributed by atoms with van der Waals surface area (Å²) >= 11 is 0. The molecule has 3 nitrogen and oxygen atoms in total. The van der Waals surface area contributed by atoms with E-state index in [4.69, 9.17) is 5.73 Å². The Hall–Kier alpha value is -0.570. The first-order chi connectivity index (χ1) is 9.18. The maximum Gasteiger partial charge on any atom is 0.227 e. The van der Waals surface area contributed by atoms with E-state index in [1.54, 1.807) is 0 Å². The third kappa shape index (κ3) is 2.42. The van der Waals surface area contributed by atoms with Crippen LogP contribution in [0.1, 0.15) is 58.3 Å². The van der Waals surface area contributed by atoms with Crippen molar-refractivity contribution < 1.29 is 4.79 Å². The zero-order valence-corrected chi connectivity index (χ0v) is 12.2. The van der Waals surface area contributed by atoms with Gasteiger partial charge in [0.1, 0.15) is 0 Å². The fraction of sp³-hybridized carbons (Fsp3) is 0.938. The lowest BCUT2D eigenvalue weighted by Crippen LogP contribution is -2.54. The van der Waals surface area contributed by atoms with Crippen molar-refractivity contribution in [3.8, 4) is 0 Å². The fourth-order valence-electron chi connectivity index (χ4n) is 4.80. The lowest BCUT2D eigenvalue weighted by molar-refractivity contribution is -0.143. The standard InChI is InChI=1S/C16H28N2O/c1-11-5-2-8-13(17)15(11)16(19)18-10-4-7-12-6-3-9-14(12)18/h11-15H,2-10,17H2,1H3. The fourth-order valence-corrected chi connectivity index (χ4v) is 4.80. The van der Waals surface area contributed by atoms with Gasteiger partial charge in [0.05, 0.1) is 5.92 Å². The van der Waals surface area contributed by atoms with Crippen molar-refractivity contribution in [3.05, 3.63) is 0 Å². The van der Waals surface area contributed by atoms with Crippen molar-refractivity contribution in [1.82, 2.24) is 4.90 Å². The highest BCUT2D eigenvalue weighted by Crippen LogP contribution is 2.39. The second-order valence-corrected chi connectivity index (χ2v) is 7.03. The smallest absolute Gasteiger partial charge is 0.227 e. The van der Waals surface area contributed by atoms with Gasteiger partial charge in [0.25, 0.3) is 0 Å². The molecule has 0 bridgehead atoms. The Balaban J connectivity index is 1.74. The first-order valence-electron chi connectivity index (χ1n) is 8.24. The summed E-state index contributed by atoms with van der Waals surface area (Å²) in [6.07, 6.45) is 9.80. The summed E-state index contributed by atoms with van der Waals surface area (Å²) in [4.78, 5) is 15.2. The zero-order valence-electron chi connectivity index (χ0n) is 12.2. The van der Waals surface area contributed by atoms with Gasteiger partial charge in [0, 0.05) is 18.6 Å². The molecule has 19 heavy (non-hydrogen) atoms.